The minimum Gasteiger partial charge on any atom is -0.356 e. The summed E-state index contributed by atoms with van der Waals surface area (Å²) in [5.74, 6) is -0.532. The maximum atomic E-state index is 11.9. The highest BCUT2D eigenvalue weighted by molar-refractivity contribution is 6.01. The van der Waals surface area contributed by atoms with E-state index in [0.29, 0.717) is 5.56 Å². The first-order chi connectivity index (χ1) is 11.7. The van der Waals surface area contributed by atoms with Gasteiger partial charge in [0, 0.05) is 16.9 Å². The lowest BCUT2D eigenvalue weighted by Gasteiger charge is -2.13. The molecule has 4 heteroatoms. The highest BCUT2D eigenvalue weighted by Gasteiger charge is 2.13. The number of carbonyl (C=O) groups excluding carboxylic acids is 1. The second-order valence-corrected chi connectivity index (χ2v) is 5.56. The molecule has 0 unspecified atom stereocenters. The fourth-order valence-corrected chi connectivity index (χ4v) is 2.54. The second kappa shape index (κ2) is 6.98. The van der Waals surface area contributed by atoms with E-state index in [1.807, 2.05) is 73.7 Å². The van der Waals surface area contributed by atoms with E-state index in [1.54, 1.807) is 11.5 Å². The van der Waals surface area contributed by atoms with E-state index in [4.69, 9.17) is 5.21 Å². The molecule has 24 heavy (non-hydrogen) atoms. The molecule has 0 aliphatic carbocycles. The number of hydrogen-bond donors (Lipinski definition) is 3. The summed E-state index contributed by atoms with van der Waals surface area (Å²) < 4.78 is 0. The van der Waals surface area contributed by atoms with E-state index in [9.17, 15) is 4.79 Å². The number of anilines is 2. The van der Waals surface area contributed by atoms with Crippen LogP contribution < -0.4 is 10.8 Å². The van der Waals surface area contributed by atoms with Crippen molar-refractivity contribution in [1.29, 1.82) is 0 Å². The molecule has 0 heterocycles. The molecule has 1 amide bonds. The summed E-state index contributed by atoms with van der Waals surface area (Å²) in [6.45, 7) is 2.04. The van der Waals surface area contributed by atoms with Crippen LogP contribution in [-0.2, 0) is 0 Å². The number of carbonyl (C=O) groups is 1. The number of rotatable bonds is 4. The predicted molar refractivity (Wildman–Crippen MR) is 95.6 cm³/mol. The molecular weight excluding hydrogens is 300 g/mol. The average molecular weight is 318 g/mol. The highest BCUT2D eigenvalue weighted by atomic mass is 16.5. The number of hydroxylamine groups is 1. The van der Waals surface area contributed by atoms with Gasteiger partial charge in [0.2, 0.25) is 0 Å². The number of benzene rings is 3. The Kier molecular flexibility index (Phi) is 4.59. The third kappa shape index (κ3) is 3.45. The molecule has 0 spiro atoms. The zero-order valence-electron chi connectivity index (χ0n) is 13.3. The summed E-state index contributed by atoms with van der Waals surface area (Å²) >= 11 is 0. The van der Waals surface area contributed by atoms with Crippen LogP contribution in [0.4, 0.5) is 11.4 Å². The Labute approximate surface area is 140 Å². The van der Waals surface area contributed by atoms with Crippen molar-refractivity contribution in [3.8, 4) is 11.1 Å². The molecule has 0 fully saturated rings. The van der Waals surface area contributed by atoms with Crippen LogP contribution >= 0.6 is 0 Å². The molecule has 0 bridgehead atoms. The van der Waals surface area contributed by atoms with Crippen LogP contribution in [0.1, 0.15) is 15.9 Å². The molecule has 0 aliphatic rings. The van der Waals surface area contributed by atoms with E-state index in [-0.39, 0.29) is 0 Å². The minimum atomic E-state index is -0.532. The third-order valence-electron chi connectivity index (χ3n) is 3.79. The molecule has 0 saturated heterocycles. The maximum Gasteiger partial charge on any atom is 0.275 e. The lowest BCUT2D eigenvalue weighted by atomic mass is 9.98. The topological polar surface area (TPSA) is 61.4 Å². The first-order valence-electron chi connectivity index (χ1n) is 7.65. The Balaban J connectivity index is 2.00. The van der Waals surface area contributed by atoms with Gasteiger partial charge in [-0.1, -0.05) is 48.0 Å². The number of nitrogens with one attached hydrogen (secondary N) is 2. The van der Waals surface area contributed by atoms with E-state index >= 15 is 0 Å². The predicted octanol–water partition coefficient (Wildman–Crippen LogP) is 4.52. The van der Waals surface area contributed by atoms with Gasteiger partial charge in [0.15, 0.2) is 0 Å². The smallest absolute Gasteiger partial charge is 0.275 e. The van der Waals surface area contributed by atoms with Crippen molar-refractivity contribution in [2.75, 3.05) is 5.32 Å². The highest BCUT2D eigenvalue weighted by Crippen LogP contribution is 2.28. The van der Waals surface area contributed by atoms with Gasteiger partial charge >= 0.3 is 0 Å². The van der Waals surface area contributed by atoms with Crippen LogP contribution in [0.25, 0.3) is 11.1 Å². The fourth-order valence-electron chi connectivity index (χ4n) is 2.54. The van der Waals surface area contributed by atoms with E-state index in [2.05, 4.69) is 5.32 Å². The van der Waals surface area contributed by atoms with Crippen molar-refractivity contribution >= 4 is 17.3 Å². The zero-order valence-corrected chi connectivity index (χ0v) is 13.3. The van der Waals surface area contributed by atoms with Crippen LogP contribution in [-0.4, -0.2) is 11.1 Å². The summed E-state index contributed by atoms with van der Waals surface area (Å²) in [5.41, 5.74) is 6.81. The van der Waals surface area contributed by atoms with Crippen LogP contribution in [0.15, 0.2) is 72.8 Å². The normalized spacial score (nSPS) is 10.2. The Bertz CT molecular complexity index is 843. The summed E-state index contributed by atoms with van der Waals surface area (Å²) in [7, 11) is 0. The van der Waals surface area contributed by atoms with Crippen molar-refractivity contribution in [2.45, 2.75) is 6.92 Å². The van der Waals surface area contributed by atoms with E-state index < -0.39 is 5.91 Å². The Morgan fingerprint density at radius 3 is 2.21 bits per heavy atom. The molecule has 3 rings (SSSR count). The van der Waals surface area contributed by atoms with Gasteiger partial charge in [-0.05, 0) is 48.4 Å². The van der Waals surface area contributed by atoms with Gasteiger partial charge in [0.25, 0.3) is 5.91 Å². The lowest BCUT2D eigenvalue weighted by molar-refractivity contribution is 0.0707. The van der Waals surface area contributed by atoms with Gasteiger partial charge in [-0.2, -0.15) is 0 Å². The van der Waals surface area contributed by atoms with Crippen molar-refractivity contribution in [3.05, 3.63) is 83.9 Å². The average Bonchev–Trinajstić information content (AvgIpc) is 2.63. The Morgan fingerprint density at radius 2 is 1.54 bits per heavy atom. The second-order valence-electron chi connectivity index (χ2n) is 5.56. The first kappa shape index (κ1) is 15.8. The SMILES string of the molecule is Cc1ccc(Nc2ccc(C(=O)NO)c(-c3ccccc3)c2)cc1. The van der Waals surface area contributed by atoms with Crippen molar-refractivity contribution < 1.29 is 10.0 Å². The molecule has 3 N–H and O–H groups in total. The molecule has 0 radical (unpaired) electrons. The van der Waals surface area contributed by atoms with Gasteiger partial charge in [-0.3, -0.25) is 10.0 Å². The van der Waals surface area contributed by atoms with Crippen LogP contribution in [0.3, 0.4) is 0 Å². The fraction of sp³-hybridized carbons (Fsp3) is 0.0500. The molecule has 0 aromatic heterocycles. The maximum absolute atomic E-state index is 11.9. The first-order valence-corrected chi connectivity index (χ1v) is 7.65. The van der Waals surface area contributed by atoms with Crippen LogP contribution in [0, 0.1) is 6.92 Å². The molecule has 3 aromatic carbocycles. The minimum absolute atomic E-state index is 0.415. The zero-order chi connectivity index (χ0) is 16.9. The molecule has 120 valence electrons. The summed E-state index contributed by atoms with van der Waals surface area (Å²) in [5, 5.41) is 12.3. The molecule has 4 nitrogen and oxygen atoms in total. The number of amides is 1. The monoisotopic (exact) mass is 318 g/mol. The van der Waals surface area contributed by atoms with Crippen molar-refractivity contribution in [3.63, 3.8) is 0 Å². The van der Waals surface area contributed by atoms with Crippen molar-refractivity contribution in [1.82, 2.24) is 5.48 Å². The molecule has 3 aromatic rings. The largest absolute Gasteiger partial charge is 0.356 e. The van der Waals surface area contributed by atoms with Gasteiger partial charge < -0.3 is 5.32 Å². The number of hydrogen-bond acceptors (Lipinski definition) is 3. The molecule has 0 aliphatic heterocycles. The summed E-state index contributed by atoms with van der Waals surface area (Å²) in [6.07, 6.45) is 0. The third-order valence-corrected chi connectivity index (χ3v) is 3.79. The summed E-state index contributed by atoms with van der Waals surface area (Å²) in [6, 6.07) is 23.1. The summed E-state index contributed by atoms with van der Waals surface area (Å²) in [4.78, 5) is 11.9. The van der Waals surface area contributed by atoms with Gasteiger partial charge in [-0.15, -0.1) is 0 Å². The van der Waals surface area contributed by atoms with E-state index in [0.717, 1.165) is 22.5 Å². The lowest BCUT2D eigenvalue weighted by Crippen LogP contribution is -2.19. The van der Waals surface area contributed by atoms with Crippen LogP contribution in [0.5, 0.6) is 0 Å². The number of aryl methyl sites for hydroxylation is 1. The van der Waals surface area contributed by atoms with Crippen LogP contribution in [0.2, 0.25) is 0 Å². The van der Waals surface area contributed by atoms with E-state index in [1.165, 1.54) is 5.56 Å². The quantitative estimate of drug-likeness (QED) is 0.489. The van der Waals surface area contributed by atoms with Gasteiger partial charge in [0.05, 0.1) is 0 Å². The Morgan fingerprint density at radius 1 is 0.875 bits per heavy atom. The Hall–Kier alpha value is -3.11. The standard InChI is InChI=1S/C20H18N2O2/c1-14-7-9-16(10-8-14)21-17-11-12-18(20(23)22-24)19(13-17)15-5-3-2-4-6-15/h2-13,21,24H,1H3,(H,22,23). The van der Waals surface area contributed by atoms with Gasteiger partial charge in [0.1, 0.15) is 0 Å². The molecule has 0 saturated carbocycles. The molecule has 0 atom stereocenters. The van der Waals surface area contributed by atoms with Crippen molar-refractivity contribution in [2.24, 2.45) is 0 Å². The molecular formula is C20H18N2O2. The van der Waals surface area contributed by atoms with Gasteiger partial charge in [-0.25, -0.2) is 5.48 Å².